The summed E-state index contributed by atoms with van der Waals surface area (Å²) in [6.45, 7) is 2.41. The molecule has 2 aromatic heterocycles. The molecular formula is C17H13FN4O2S. The van der Waals surface area contributed by atoms with E-state index in [1.54, 1.807) is 31.2 Å². The third-order valence-corrected chi connectivity index (χ3v) is 4.71. The first-order chi connectivity index (χ1) is 12.1. The van der Waals surface area contributed by atoms with Crippen molar-refractivity contribution in [2.24, 2.45) is 4.99 Å². The summed E-state index contributed by atoms with van der Waals surface area (Å²) in [6.07, 6.45) is 0. The van der Waals surface area contributed by atoms with Gasteiger partial charge in [-0.3, -0.25) is 9.79 Å². The molecule has 0 unspecified atom stereocenters. The number of benzene rings is 1. The van der Waals surface area contributed by atoms with Gasteiger partial charge in [-0.05, 0) is 25.1 Å². The topological polar surface area (TPSA) is 80.4 Å². The number of halogens is 1. The highest BCUT2D eigenvalue weighted by molar-refractivity contribution is 8.14. The molecule has 1 N–H and O–H groups in total. The van der Waals surface area contributed by atoms with Crippen LogP contribution in [0.4, 0.5) is 4.39 Å². The van der Waals surface area contributed by atoms with E-state index in [0.717, 1.165) is 5.75 Å². The molecule has 0 aliphatic carbocycles. The number of pyridine rings is 1. The number of rotatable bonds is 2. The maximum Gasteiger partial charge on any atom is 0.259 e. The Labute approximate surface area is 146 Å². The Kier molecular flexibility index (Phi) is 3.96. The van der Waals surface area contributed by atoms with E-state index in [-0.39, 0.29) is 11.6 Å². The van der Waals surface area contributed by atoms with Crippen molar-refractivity contribution in [2.45, 2.75) is 6.92 Å². The zero-order valence-corrected chi connectivity index (χ0v) is 14.1. The summed E-state index contributed by atoms with van der Waals surface area (Å²) < 4.78 is 19.3. The van der Waals surface area contributed by atoms with Crippen molar-refractivity contribution < 1.29 is 13.7 Å². The van der Waals surface area contributed by atoms with Crippen molar-refractivity contribution in [1.82, 2.24) is 15.5 Å². The first-order valence-electron chi connectivity index (χ1n) is 7.64. The first-order valence-corrected chi connectivity index (χ1v) is 8.62. The lowest BCUT2D eigenvalue weighted by Gasteiger charge is -2.08. The molecule has 8 heteroatoms. The van der Waals surface area contributed by atoms with Gasteiger partial charge in [0.05, 0.1) is 28.9 Å². The third kappa shape index (κ3) is 2.89. The molecule has 3 aromatic rings. The number of hydrogen-bond acceptors (Lipinski definition) is 6. The van der Waals surface area contributed by atoms with Crippen LogP contribution in [-0.2, 0) is 0 Å². The summed E-state index contributed by atoms with van der Waals surface area (Å²) in [5, 5.41) is 7.76. The number of aliphatic imine (C=N–C) groups is 1. The third-order valence-electron chi connectivity index (χ3n) is 3.82. The van der Waals surface area contributed by atoms with Crippen molar-refractivity contribution in [3.05, 3.63) is 47.4 Å². The van der Waals surface area contributed by atoms with E-state index in [1.165, 1.54) is 17.8 Å². The van der Waals surface area contributed by atoms with Gasteiger partial charge in [0.15, 0.2) is 5.17 Å². The largest absolute Gasteiger partial charge is 0.335 e. The van der Waals surface area contributed by atoms with Gasteiger partial charge in [-0.1, -0.05) is 29.1 Å². The lowest BCUT2D eigenvalue weighted by Crippen LogP contribution is -2.27. The molecule has 1 aliphatic rings. The second-order valence-electron chi connectivity index (χ2n) is 5.47. The van der Waals surface area contributed by atoms with Gasteiger partial charge >= 0.3 is 0 Å². The van der Waals surface area contributed by atoms with E-state index >= 15 is 0 Å². The summed E-state index contributed by atoms with van der Waals surface area (Å²) in [5.41, 5.74) is 1.68. The van der Waals surface area contributed by atoms with Crippen molar-refractivity contribution in [3.63, 3.8) is 0 Å². The molecular weight excluding hydrogens is 343 g/mol. The predicted molar refractivity (Wildman–Crippen MR) is 94.2 cm³/mol. The lowest BCUT2D eigenvalue weighted by atomic mass is 10.0. The SMILES string of the molecule is Cc1noc2nc(-c3ccccc3F)cc(C(=O)NC3=NCCS3)c12. The fourth-order valence-corrected chi connectivity index (χ4v) is 3.38. The normalized spacial score (nSPS) is 13.9. The summed E-state index contributed by atoms with van der Waals surface area (Å²) in [5.74, 6) is 0.0748. The molecule has 25 heavy (non-hydrogen) atoms. The molecule has 0 radical (unpaired) electrons. The maximum atomic E-state index is 14.1. The predicted octanol–water partition coefficient (Wildman–Crippen LogP) is 3.17. The zero-order chi connectivity index (χ0) is 17.4. The number of amidine groups is 1. The quantitative estimate of drug-likeness (QED) is 0.763. The van der Waals surface area contributed by atoms with E-state index in [1.807, 2.05) is 0 Å². The Hall–Kier alpha value is -2.74. The standard InChI is InChI=1S/C17H13FN4O2S/c1-9-14-11(15(23)21-17-19-6-7-25-17)8-13(20-16(14)24-22-9)10-4-2-3-5-12(10)18/h2-5,8H,6-7H2,1H3,(H,19,21,23). The van der Waals surface area contributed by atoms with Crippen molar-refractivity contribution in [3.8, 4) is 11.3 Å². The molecule has 6 nitrogen and oxygen atoms in total. The number of thioether (sulfide) groups is 1. The van der Waals surface area contributed by atoms with Crippen LogP contribution < -0.4 is 5.32 Å². The monoisotopic (exact) mass is 356 g/mol. The second kappa shape index (κ2) is 6.29. The van der Waals surface area contributed by atoms with Crippen LogP contribution in [0, 0.1) is 12.7 Å². The van der Waals surface area contributed by atoms with Crippen LogP contribution in [0.25, 0.3) is 22.4 Å². The number of hydrogen-bond donors (Lipinski definition) is 1. The maximum absolute atomic E-state index is 14.1. The molecule has 1 aliphatic heterocycles. The average molecular weight is 356 g/mol. The van der Waals surface area contributed by atoms with Crippen LogP contribution in [-0.4, -0.2) is 33.5 Å². The van der Waals surface area contributed by atoms with Gasteiger partial charge in [0.25, 0.3) is 11.6 Å². The molecule has 0 atom stereocenters. The molecule has 126 valence electrons. The summed E-state index contributed by atoms with van der Waals surface area (Å²) >= 11 is 1.48. The molecule has 0 saturated heterocycles. The van der Waals surface area contributed by atoms with Gasteiger partial charge in [0.1, 0.15) is 5.82 Å². The van der Waals surface area contributed by atoms with Gasteiger partial charge in [-0.15, -0.1) is 0 Å². The minimum atomic E-state index is -0.423. The number of carbonyl (C=O) groups is 1. The smallest absolute Gasteiger partial charge is 0.259 e. The van der Waals surface area contributed by atoms with Gasteiger partial charge in [-0.2, -0.15) is 0 Å². The van der Waals surface area contributed by atoms with Gasteiger partial charge in [0, 0.05) is 11.3 Å². The highest BCUT2D eigenvalue weighted by Gasteiger charge is 2.22. The number of fused-ring (bicyclic) bond motifs is 1. The van der Waals surface area contributed by atoms with Crippen molar-refractivity contribution in [1.29, 1.82) is 0 Å². The fraction of sp³-hybridized carbons (Fsp3) is 0.176. The first kappa shape index (κ1) is 15.8. The lowest BCUT2D eigenvalue weighted by molar-refractivity contribution is 0.0979. The molecule has 0 spiro atoms. The number of nitrogens with one attached hydrogen (secondary N) is 1. The molecule has 0 fully saturated rings. The number of nitrogens with zero attached hydrogens (tertiary/aromatic N) is 3. The van der Waals surface area contributed by atoms with Crippen LogP contribution >= 0.6 is 11.8 Å². The summed E-state index contributed by atoms with van der Waals surface area (Å²) in [6, 6.07) is 7.81. The van der Waals surface area contributed by atoms with Crippen LogP contribution in [0.2, 0.25) is 0 Å². The summed E-state index contributed by atoms with van der Waals surface area (Å²) in [4.78, 5) is 21.3. The second-order valence-corrected chi connectivity index (χ2v) is 6.56. The Balaban J connectivity index is 1.85. The van der Waals surface area contributed by atoms with Crippen LogP contribution in [0.15, 0.2) is 39.8 Å². The minimum Gasteiger partial charge on any atom is -0.335 e. The Bertz CT molecular complexity index is 1020. The highest BCUT2D eigenvalue weighted by atomic mass is 32.2. The molecule has 3 heterocycles. The van der Waals surface area contributed by atoms with Crippen molar-refractivity contribution >= 4 is 33.9 Å². The van der Waals surface area contributed by atoms with E-state index in [9.17, 15) is 9.18 Å². The van der Waals surface area contributed by atoms with Gasteiger partial charge in [-0.25, -0.2) is 9.37 Å². The van der Waals surface area contributed by atoms with E-state index < -0.39 is 5.82 Å². The molecule has 4 rings (SSSR count). The molecule has 0 bridgehead atoms. The number of carbonyl (C=O) groups excluding carboxylic acids is 1. The van der Waals surface area contributed by atoms with Crippen LogP contribution in [0.3, 0.4) is 0 Å². The minimum absolute atomic E-state index is 0.199. The average Bonchev–Trinajstić information content (AvgIpc) is 3.24. The van der Waals surface area contributed by atoms with Crippen LogP contribution in [0.5, 0.6) is 0 Å². The number of amides is 1. The summed E-state index contributed by atoms with van der Waals surface area (Å²) in [7, 11) is 0. The zero-order valence-electron chi connectivity index (χ0n) is 13.2. The van der Waals surface area contributed by atoms with Gasteiger partial charge < -0.3 is 9.84 Å². The van der Waals surface area contributed by atoms with Crippen molar-refractivity contribution in [2.75, 3.05) is 12.3 Å². The molecule has 1 amide bonds. The Morgan fingerprint density at radius 2 is 2.20 bits per heavy atom. The number of aromatic nitrogens is 2. The Morgan fingerprint density at radius 1 is 1.36 bits per heavy atom. The number of aryl methyl sites for hydroxylation is 1. The van der Waals surface area contributed by atoms with E-state index in [2.05, 4.69) is 20.4 Å². The van der Waals surface area contributed by atoms with Crippen LogP contribution in [0.1, 0.15) is 16.1 Å². The highest BCUT2D eigenvalue weighted by Crippen LogP contribution is 2.28. The molecule has 0 saturated carbocycles. The van der Waals surface area contributed by atoms with Gasteiger partial charge in [0.2, 0.25) is 0 Å². The molecule has 1 aromatic carbocycles. The van der Waals surface area contributed by atoms with E-state index in [4.69, 9.17) is 4.52 Å². The Morgan fingerprint density at radius 3 is 2.96 bits per heavy atom. The van der Waals surface area contributed by atoms with E-state index in [0.29, 0.717) is 39.6 Å². The fourth-order valence-electron chi connectivity index (χ4n) is 2.66.